The smallest absolute Gasteiger partial charge is 0.251 e. The Morgan fingerprint density at radius 2 is 1.81 bits per heavy atom. The summed E-state index contributed by atoms with van der Waals surface area (Å²) in [7, 11) is 0. The van der Waals surface area contributed by atoms with Gasteiger partial charge in [0, 0.05) is 17.3 Å². The average molecular weight is 480 g/mol. The number of anilines is 1. The number of hydrogen-bond donors (Lipinski definition) is 3. The maximum atomic E-state index is 12.2. The summed E-state index contributed by atoms with van der Waals surface area (Å²) in [6, 6.07) is 15.7. The van der Waals surface area contributed by atoms with Crippen LogP contribution in [0.2, 0.25) is 0 Å². The predicted octanol–water partition coefficient (Wildman–Crippen LogP) is 4.32. The summed E-state index contributed by atoms with van der Waals surface area (Å²) in [6.45, 7) is 6.57. The van der Waals surface area contributed by atoms with Gasteiger partial charge >= 0.3 is 0 Å². The summed E-state index contributed by atoms with van der Waals surface area (Å²) < 4.78 is 0. The molecule has 4 N–H and O–H groups in total. The topological polar surface area (TPSA) is 79.5 Å². The number of aryl methyl sites for hydroxylation is 1. The number of hydrogen-bond acceptors (Lipinski definition) is 2. The minimum Gasteiger partial charge on any atom is -0.370 e. The second kappa shape index (κ2) is 11.6. The third-order valence-corrected chi connectivity index (χ3v) is 4.25. The van der Waals surface area contributed by atoms with Crippen LogP contribution < -0.4 is 16.4 Å². The number of guanidine groups is 1. The van der Waals surface area contributed by atoms with Crippen molar-refractivity contribution in [2.45, 2.75) is 46.2 Å². The van der Waals surface area contributed by atoms with Gasteiger partial charge < -0.3 is 16.4 Å². The van der Waals surface area contributed by atoms with Crippen LogP contribution in [0, 0.1) is 0 Å². The maximum absolute atomic E-state index is 12.2. The first-order valence-corrected chi connectivity index (χ1v) is 9.07. The molecule has 0 aromatic heterocycles. The molecule has 2 aromatic carbocycles. The molecule has 0 heterocycles. The SMILES string of the molecule is CCc1ccc(NC(N)=NCc2cccc(C(=O)NC(C)CC)c2)cc1.I. The number of nitrogens with two attached hydrogens (primary N) is 1. The number of carbonyl (C=O) groups excluding carboxylic acids is 1. The Hall–Kier alpha value is -2.09. The Morgan fingerprint density at radius 1 is 1.11 bits per heavy atom. The van der Waals surface area contributed by atoms with Gasteiger partial charge in [-0.1, -0.05) is 38.1 Å². The van der Waals surface area contributed by atoms with E-state index in [1.165, 1.54) is 5.56 Å². The molecule has 27 heavy (non-hydrogen) atoms. The van der Waals surface area contributed by atoms with Crippen molar-refractivity contribution in [1.29, 1.82) is 0 Å². The molecule has 1 unspecified atom stereocenters. The lowest BCUT2D eigenvalue weighted by molar-refractivity contribution is 0.0939. The van der Waals surface area contributed by atoms with Crippen LogP contribution in [-0.2, 0) is 13.0 Å². The van der Waals surface area contributed by atoms with Gasteiger partial charge in [-0.2, -0.15) is 0 Å². The van der Waals surface area contributed by atoms with E-state index in [-0.39, 0.29) is 35.9 Å². The summed E-state index contributed by atoms with van der Waals surface area (Å²) >= 11 is 0. The van der Waals surface area contributed by atoms with Crippen molar-refractivity contribution in [3.63, 3.8) is 0 Å². The van der Waals surface area contributed by atoms with Crippen LogP contribution in [0.15, 0.2) is 53.5 Å². The van der Waals surface area contributed by atoms with E-state index in [4.69, 9.17) is 5.73 Å². The van der Waals surface area contributed by atoms with E-state index in [2.05, 4.69) is 34.7 Å². The molecule has 0 aliphatic carbocycles. The van der Waals surface area contributed by atoms with E-state index >= 15 is 0 Å². The van der Waals surface area contributed by atoms with E-state index in [0.717, 1.165) is 24.1 Å². The summed E-state index contributed by atoms with van der Waals surface area (Å²) in [4.78, 5) is 16.6. The summed E-state index contributed by atoms with van der Waals surface area (Å²) in [5.41, 5.74) is 9.73. The molecule has 1 atom stereocenters. The van der Waals surface area contributed by atoms with Crippen molar-refractivity contribution in [3.8, 4) is 0 Å². The van der Waals surface area contributed by atoms with E-state index in [0.29, 0.717) is 18.1 Å². The van der Waals surface area contributed by atoms with E-state index in [1.54, 1.807) is 0 Å². The van der Waals surface area contributed by atoms with Gasteiger partial charge in [0.25, 0.3) is 5.91 Å². The Balaban J connectivity index is 0.00000364. The van der Waals surface area contributed by atoms with Gasteiger partial charge in [0.05, 0.1) is 6.54 Å². The fourth-order valence-electron chi connectivity index (χ4n) is 2.41. The molecule has 6 heteroatoms. The van der Waals surface area contributed by atoms with Crippen molar-refractivity contribution in [2.24, 2.45) is 10.7 Å². The van der Waals surface area contributed by atoms with E-state index in [1.807, 2.05) is 50.2 Å². The van der Waals surface area contributed by atoms with Crippen molar-refractivity contribution in [1.82, 2.24) is 5.32 Å². The maximum Gasteiger partial charge on any atom is 0.251 e. The molecule has 0 aliphatic rings. The number of nitrogens with zero attached hydrogens (tertiary/aromatic N) is 1. The quantitative estimate of drug-likeness (QED) is 0.314. The van der Waals surface area contributed by atoms with Gasteiger partial charge in [-0.25, -0.2) is 4.99 Å². The monoisotopic (exact) mass is 480 g/mol. The first-order valence-electron chi connectivity index (χ1n) is 9.07. The summed E-state index contributed by atoms with van der Waals surface area (Å²) in [6.07, 6.45) is 1.90. The molecular formula is C21H29IN4O. The molecule has 0 radical (unpaired) electrons. The Morgan fingerprint density at radius 3 is 2.44 bits per heavy atom. The molecule has 0 spiro atoms. The Labute approximate surface area is 178 Å². The molecular weight excluding hydrogens is 451 g/mol. The third-order valence-electron chi connectivity index (χ3n) is 4.25. The third kappa shape index (κ3) is 7.58. The van der Waals surface area contributed by atoms with Gasteiger partial charge in [-0.3, -0.25) is 4.79 Å². The van der Waals surface area contributed by atoms with Crippen LogP contribution in [0.1, 0.15) is 48.7 Å². The van der Waals surface area contributed by atoms with Gasteiger partial charge in [0.1, 0.15) is 0 Å². The highest BCUT2D eigenvalue weighted by Gasteiger charge is 2.08. The Kier molecular flexibility index (Phi) is 9.85. The molecule has 2 rings (SSSR count). The lowest BCUT2D eigenvalue weighted by atomic mass is 10.1. The fourth-order valence-corrected chi connectivity index (χ4v) is 2.41. The van der Waals surface area contributed by atoms with Gasteiger partial charge in [-0.05, 0) is 55.2 Å². The number of benzene rings is 2. The standard InChI is InChI=1S/C21H28N4O.HI/c1-4-15(3)24-20(26)18-8-6-7-17(13-18)14-23-21(22)25-19-11-9-16(5-2)10-12-19;/h6-13,15H,4-5,14H2,1-3H3,(H,24,26)(H3,22,23,25);1H. The highest BCUT2D eigenvalue weighted by molar-refractivity contribution is 14.0. The number of carbonyl (C=O) groups is 1. The first kappa shape index (κ1) is 23.0. The molecule has 5 nitrogen and oxygen atoms in total. The molecule has 0 saturated heterocycles. The first-order chi connectivity index (χ1) is 12.5. The van der Waals surface area contributed by atoms with E-state index < -0.39 is 0 Å². The fraction of sp³-hybridized carbons (Fsp3) is 0.333. The normalized spacial score (nSPS) is 12.0. The predicted molar refractivity (Wildman–Crippen MR) is 124 cm³/mol. The van der Waals surface area contributed by atoms with Crippen molar-refractivity contribution >= 4 is 41.5 Å². The zero-order valence-corrected chi connectivity index (χ0v) is 18.5. The van der Waals surface area contributed by atoms with Crippen LogP contribution in [0.3, 0.4) is 0 Å². The number of nitrogens with one attached hydrogen (secondary N) is 2. The average Bonchev–Trinajstić information content (AvgIpc) is 2.67. The van der Waals surface area contributed by atoms with Gasteiger partial charge in [0.2, 0.25) is 0 Å². The van der Waals surface area contributed by atoms with Gasteiger partial charge in [-0.15, -0.1) is 24.0 Å². The number of rotatable bonds is 7. The molecule has 1 amide bonds. The zero-order valence-electron chi connectivity index (χ0n) is 16.2. The van der Waals surface area contributed by atoms with Crippen LogP contribution >= 0.6 is 24.0 Å². The van der Waals surface area contributed by atoms with Crippen molar-refractivity contribution in [2.75, 3.05) is 5.32 Å². The lowest BCUT2D eigenvalue weighted by Crippen LogP contribution is -2.31. The van der Waals surface area contributed by atoms with Crippen molar-refractivity contribution in [3.05, 3.63) is 65.2 Å². The number of aliphatic imine (C=N–C) groups is 1. The largest absolute Gasteiger partial charge is 0.370 e. The van der Waals surface area contributed by atoms with Gasteiger partial charge in [0.15, 0.2) is 5.96 Å². The summed E-state index contributed by atoms with van der Waals surface area (Å²) in [5, 5.41) is 6.05. The lowest BCUT2D eigenvalue weighted by Gasteiger charge is -2.11. The number of amides is 1. The highest BCUT2D eigenvalue weighted by Crippen LogP contribution is 2.10. The molecule has 0 saturated carbocycles. The minimum atomic E-state index is -0.0627. The van der Waals surface area contributed by atoms with Crippen LogP contribution in [0.5, 0.6) is 0 Å². The van der Waals surface area contributed by atoms with Crippen LogP contribution in [0.25, 0.3) is 0 Å². The van der Waals surface area contributed by atoms with Crippen LogP contribution in [0.4, 0.5) is 5.69 Å². The van der Waals surface area contributed by atoms with Crippen LogP contribution in [-0.4, -0.2) is 17.9 Å². The zero-order chi connectivity index (χ0) is 18.9. The second-order valence-electron chi connectivity index (χ2n) is 6.36. The molecule has 2 aromatic rings. The molecule has 0 aliphatic heterocycles. The molecule has 0 fully saturated rings. The number of halogens is 1. The Bertz CT molecular complexity index is 759. The second-order valence-corrected chi connectivity index (χ2v) is 6.36. The molecule has 146 valence electrons. The van der Waals surface area contributed by atoms with Crippen molar-refractivity contribution < 1.29 is 4.79 Å². The minimum absolute atomic E-state index is 0. The highest BCUT2D eigenvalue weighted by atomic mass is 127. The summed E-state index contributed by atoms with van der Waals surface area (Å²) in [5.74, 6) is 0.288. The molecule has 0 bridgehead atoms. The van der Waals surface area contributed by atoms with E-state index in [9.17, 15) is 4.79 Å².